The predicted molar refractivity (Wildman–Crippen MR) is 271 cm³/mol. The van der Waals surface area contributed by atoms with Gasteiger partial charge in [-0.2, -0.15) is 0 Å². The van der Waals surface area contributed by atoms with Gasteiger partial charge in [0.05, 0.1) is 30.3 Å². The fourth-order valence-electron chi connectivity index (χ4n) is 9.67. The van der Waals surface area contributed by atoms with Crippen molar-refractivity contribution in [2.45, 2.75) is 256 Å². The lowest BCUT2D eigenvalue weighted by molar-refractivity contribution is -0.151. The fraction of sp³-hybridized carbons (Fsp3) is 0.885. The lowest BCUT2D eigenvalue weighted by Crippen LogP contribution is -2.53. The Kier molecular flexibility index (Phi) is 20.1. The van der Waals surface area contributed by atoms with Crippen LogP contribution < -0.4 is 0 Å². The highest BCUT2D eigenvalue weighted by Crippen LogP contribution is 2.44. The van der Waals surface area contributed by atoms with Crippen molar-refractivity contribution in [2.75, 3.05) is 26.2 Å². The second kappa shape index (κ2) is 23.3. The Labute approximate surface area is 408 Å². The molecule has 4 aliphatic rings. The lowest BCUT2D eigenvalue weighted by Gasteiger charge is -2.41. The molecule has 0 aromatic rings. The van der Waals surface area contributed by atoms with E-state index >= 15 is 0 Å². The molecule has 388 valence electrons. The number of carbonyl (C=O) groups is 2. The highest BCUT2D eigenvalue weighted by Gasteiger charge is 2.52. The molecule has 0 aromatic carbocycles. The molecule has 1 saturated carbocycles. The smallest absolute Gasteiger partial charge is 0.410 e. The number of rotatable bonds is 15. The Bertz CT molecular complexity index is 1660. The Balaban J connectivity index is 1.54. The van der Waals surface area contributed by atoms with Gasteiger partial charge < -0.3 is 48.4 Å². The predicted octanol–water partition coefficient (Wildman–Crippen LogP) is 9.27. The third-order valence-corrected chi connectivity index (χ3v) is 25.6. The Morgan fingerprint density at radius 2 is 1.52 bits per heavy atom. The summed E-state index contributed by atoms with van der Waals surface area (Å²) in [4.78, 5) is 32.1. The highest BCUT2D eigenvalue weighted by molar-refractivity contribution is 6.74. The van der Waals surface area contributed by atoms with E-state index in [9.17, 15) is 30.0 Å². The molecule has 3 heterocycles. The van der Waals surface area contributed by atoms with Crippen LogP contribution in [0.5, 0.6) is 0 Å². The number of ether oxygens (including phenoxy) is 3. The number of piperazine rings is 1. The molecule has 0 spiro atoms. The van der Waals surface area contributed by atoms with Crippen molar-refractivity contribution in [3.8, 4) is 0 Å². The van der Waals surface area contributed by atoms with Crippen LogP contribution in [0.3, 0.4) is 0 Å². The summed E-state index contributed by atoms with van der Waals surface area (Å²) in [6, 6.07) is 0.557. The monoisotopic (exact) mass is 981 g/mol. The third kappa shape index (κ3) is 15.9. The summed E-state index contributed by atoms with van der Waals surface area (Å²) in [5.41, 5.74) is -2.76. The normalized spacial score (nSPS) is 31.8. The van der Waals surface area contributed by atoms with Crippen molar-refractivity contribution in [1.82, 2.24) is 9.80 Å². The number of carbonyl (C=O) groups excluding carboxylic acids is 2. The maximum absolute atomic E-state index is 13.9. The first-order valence-electron chi connectivity index (χ1n) is 25.9. The average Bonchev–Trinajstić information content (AvgIpc) is 4.03. The summed E-state index contributed by atoms with van der Waals surface area (Å²) in [6.45, 7) is 35.5. The molecule has 0 bridgehead atoms. The van der Waals surface area contributed by atoms with Crippen molar-refractivity contribution in [2.24, 2.45) is 11.8 Å². The first kappa shape index (κ1) is 57.9. The second-order valence-electron chi connectivity index (χ2n) is 24.5. The van der Waals surface area contributed by atoms with E-state index < -0.39 is 76.3 Å². The molecule has 15 heteroatoms. The molecule has 2 unspecified atom stereocenters. The molecule has 67 heavy (non-hydrogen) atoms. The number of esters is 1. The summed E-state index contributed by atoms with van der Waals surface area (Å²) < 4.78 is 32.2. The second-order valence-corrected chi connectivity index (χ2v) is 34.0. The third-order valence-electron chi connectivity index (χ3n) is 16.6. The largest absolute Gasteiger partial charge is 0.457 e. The van der Waals surface area contributed by atoms with E-state index in [0.29, 0.717) is 31.1 Å². The molecule has 1 aliphatic carbocycles. The number of aliphatic hydroxyl groups is 4. The van der Waals surface area contributed by atoms with Gasteiger partial charge in [0.15, 0.2) is 22.7 Å². The van der Waals surface area contributed by atoms with Gasteiger partial charge in [-0.25, -0.2) is 4.79 Å². The first-order valence-corrected chi connectivity index (χ1v) is 31.7. The van der Waals surface area contributed by atoms with Crippen LogP contribution in [0.25, 0.3) is 0 Å². The standard InChI is InChI=1S/C52H96N2O11Si2/c1-17-41(65-67(15,16)50(8,9)10)37(4)46-42(61-46)34-52(12,60)47(57)40(55)32-36(3)45-35(2)24-25-43(62-48(58)54-30-28-53(29-31-54)38-22-20-18-19-21-23-38)51(11,59)27-26-39(33-44(56)63-45)64-66(13,14)49(5,6)7/h24-25,32,35,37-43,45-47,55,57,59-60H,17-23,26-31,33-34H2,1-16H3/b25-24-,36-32+/t35-,37+,39+,40?,41-,42+,43-,45-,46+,47?,51+,52+/m0/s1. The van der Waals surface area contributed by atoms with Gasteiger partial charge in [0, 0.05) is 56.6 Å². The maximum Gasteiger partial charge on any atom is 0.410 e. The van der Waals surface area contributed by atoms with Crippen molar-refractivity contribution in [3.63, 3.8) is 0 Å². The van der Waals surface area contributed by atoms with Crippen LogP contribution in [-0.4, -0.2) is 151 Å². The van der Waals surface area contributed by atoms with Crippen LogP contribution in [0.15, 0.2) is 23.8 Å². The zero-order valence-corrected chi connectivity index (χ0v) is 46.7. The van der Waals surface area contributed by atoms with Crippen LogP contribution in [0.2, 0.25) is 36.3 Å². The van der Waals surface area contributed by atoms with Crippen molar-refractivity contribution < 1.29 is 53.1 Å². The SMILES string of the molecule is CC[C@H](O[Si](C)(C)C(C)(C)C)[C@@H](C)[C@H]1O[C@@H]1C[C@@](C)(O)C(O)C(O)/C=C(\C)[C@H]1OC(=O)C[C@H](O[Si](C)(C)C(C)(C)C)CC[C@@](C)(O)[C@@H](OC(=O)N2CCN(C3CCCCCC3)CC2)/C=C\[C@@H]1C. The molecule has 4 N–H and O–H groups in total. The Morgan fingerprint density at radius 1 is 0.940 bits per heavy atom. The number of hydrogen-bond donors (Lipinski definition) is 4. The van der Waals surface area contributed by atoms with E-state index in [0.717, 1.165) is 19.5 Å². The molecule has 0 radical (unpaired) electrons. The highest BCUT2D eigenvalue weighted by atomic mass is 28.4. The van der Waals surface area contributed by atoms with Crippen LogP contribution >= 0.6 is 0 Å². The topological polar surface area (TPSA) is 171 Å². The van der Waals surface area contributed by atoms with Crippen molar-refractivity contribution in [3.05, 3.63) is 23.8 Å². The number of epoxide rings is 1. The molecule has 13 nitrogen and oxygen atoms in total. The number of cyclic esters (lactones) is 1. The van der Waals surface area contributed by atoms with E-state index in [-0.39, 0.29) is 53.6 Å². The van der Waals surface area contributed by atoms with Gasteiger partial charge in [0.25, 0.3) is 0 Å². The Hall–Kier alpha value is -1.67. The minimum atomic E-state index is -2.40. The lowest BCUT2D eigenvalue weighted by atomic mass is 9.85. The maximum atomic E-state index is 13.9. The molecule has 3 fully saturated rings. The van der Waals surface area contributed by atoms with Crippen LogP contribution in [0.1, 0.15) is 154 Å². The minimum Gasteiger partial charge on any atom is -0.457 e. The molecule has 12 atom stereocenters. The zero-order valence-electron chi connectivity index (χ0n) is 44.7. The van der Waals surface area contributed by atoms with Crippen molar-refractivity contribution in [1.29, 1.82) is 0 Å². The van der Waals surface area contributed by atoms with Crippen molar-refractivity contribution >= 4 is 28.7 Å². The fourth-order valence-corrected chi connectivity index (χ4v) is 12.6. The van der Waals surface area contributed by atoms with E-state index in [1.54, 1.807) is 30.9 Å². The number of amides is 1. The van der Waals surface area contributed by atoms with E-state index in [1.807, 2.05) is 6.92 Å². The summed E-state index contributed by atoms with van der Waals surface area (Å²) in [7, 11) is -4.44. The van der Waals surface area contributed by atoms with Gasteiger partial charge >= 0.3 is 12.1 Å². The quantitative estimate of drug-likeness (QED) is 0.0404. The van der Waals surface area contributed by atoms with E-state index in [1.165, 1.54) is 51.5 Å². The van der Waals surface area contributed by atoms with E-state index in [2.05, 4.69) is 86.5 Å². The van der Waals surface area contributed by atoms with Crippen LogP contribution in [0.4, 0.5) is 4.79 Å². The average molecular weight is 982 g/mol. The van der Waals surface area contributed by atoms with Crippen LogP contribution in [0, 0.1) is 11.8 Å². The van der Waals surface area contributed by atoms with Crippen LogP contribution in [-0.2, 0) is 27.9 Å². The van der Waals surface area contributed by atoms with Gasteiger partial charge in [0.2, 0.25) is 0 Å². The zero-order chi connectivity index (χ0) is 50.5. The molecule has 3 aliphatic heterocycles. The summed E-state index contributed by atoms with van der Waals surface area (Å²) in [6.07, 6.45) is 7.19. The van der Waals surface area contributed by atoms with Gasteiger partial charge in [-0.05, 0) is 101 Å². The molecule has 4 rings (SSSR count). The minimum absolute atomic E-state index is 0.00875. The molecular formula is C52H96N2O11Si2. The van der Waals surface area contributed by atoms with Gasteiger partial charge in [-0.1, -0.05) is 100 Å². The summed E-state index contributed by atoms with van der Waals surface area (Å²) in [5.74, 6) is -0.949. The summed E-state index contributed by atoms with van der Waals surface area (Å²) in [5, 5.41) is 46.8. The summed E-state index contributed by atoms with van der Waals surface area (Å²) >= 11 is 0. The van der Waals surface area contributed by atoms with E-state index in [4.69, 9.17) is 23.1 Å². The molecule has 1 amide bonds. The molecule has 2 saturated heterocycles. The molecular weight excluding hydrogens is 885 g/mol. The van der Waals surface area contributed by atoms with Gasteiger partial charge in [-0.3, -0.25) is 9.69 Å². The van der Waals surface area contributed by atoms with Gasteiger partial charge in [0.1, 0.15) is 23.9 Å². The van der Waals surface area contributed by atoms with Gasteiger partial charge in [-0.15, -0.1) is 0 Å². The number of aliphatic hydroxyl groups excluding tert-OH is 2. The molecule has 0 aromatic heterocycles. The number of nitrogens with zero attached hydrogens (tertiary/aromatic N) is 2. The number of hydrogen-bond acceptors (Lipinski definition) is 12. The first-order chi connectivity index (χ1) is 30.8. The Morgan fingerprint density at radius 3 is 2.07 bits per heavy atom.